The third-order valence-electron chi connectivity index (χ3n) is 3.99. The summed E-state index contributed by atoms with van der Waals surface area (Å²) in [6.07, 6.45) is 4.19. The van der Waals surface area contributed by atoms with Crippen LogP contribution in [-0.4, -0.2) is 11.1 Å². The fraction of sp³-hybridized carbons (Fsp3) is 0.571. The van der Waals surface area contributed by atoms with E-state index >= 15 is 0 Å². The Balaban J connectivity index is 2.21. The molecule has 0 spiro atoms. The molecule has 0 heterocycles. The Labute approximate surface area is 102 Å². The number of nitrogens with zero attached hydrogens (tertiary/aromatic N) is 1. The number of hydrogen-bond donors (Lipinski definition) is 1. The Morgan fingerprint density at radius 2 is 2.00 bits per heavy atom. The Hall–Kier alpha value is -1.38. The molecule has 3 atom stereocenters. The highest BCUT2D eigenvalue weighted by Crippen LogP contribution is 2.40. The predicted octanol–water partition coefficient (Wildman–Crippen LogP) is 3.82. The van der Waals surface area contributed by atoms with Crippen molar-refractivity contribution in [3.63, 3.8) is 0 Å². The second kappa shape index (κ2) is 5.30. The predicted molar refractivity (Wildman–Crippen MR) is 68.1 cm³/mol. The van der Waals surface area contributed by atoms with Crippen LogP contribution in [0.5, 0.6) is 5.75 Å². The van der Waals surface area contributed by atoms with Crippen molar-refractivity contribution in [3.8, 4) is 5.75 Å². The summed E-state index contributed by atoms with van der Waals surface area (Å²) in [5.41, 5.74) is 0.938. The summed E-state index contributed by atoms with van der Waals surface area (Å²) in [4.78, 5) is 10.9. The lowest BCUT2D eigenvalue weighted by molar-refractivity contribution is 0.269. The van der Waals surface area contributed by atoms with Gasteiger partial charge >= 0.3 is 0 Å². The summed E-state index contributed by atoms with van der Waals surface area (Å²) in [5, 5.41) is 13.1. The smallest absolute Gasteiger partial charge is 0.119 e. The summed E-state index contributed by atoms with van der Waals surface area (Å²) >= 11 is 0. The standard InChI is InChI=1S/C14H19NO2/c1-10(12-7-3-5-9-14(12)16)11-6-2-4-8-13(11)15-17/h3,5,7,9-11,13,16H,2,4,6,8H2,1H3/t10-,11-,13-/m0/s1. The molecule has 0 aliphatic heterocycles. The van der Waals surface area contributed by atoms with Crippen LogP contribution < -0.4 is 0 Å². The van der Waals surface area contributed by atoms with Crippen molar-refractivity contribution in [2.45, 2.75) is 44.6 Å². The fourth-order valence-corrected chi connectivity index (χ4v) is 2.96. The number of phenols is 1. The van der Waals surface area contributed by atoms with Gasteiger partial charge in [-0.25, -0.2) is 0 Å². The molecule has 1 saturated carbocycles. The topological polar surface area (TPSA) is 49.7 Å². The highest BCUT2D eigenvalue weighted by atomic mass is 16.3. The Bertz CT molecular complexity index is 392. The van der Waals surface area contributed by atoms with E-state index in [1.165, 1.54) is 0 Å². The normalized spacial score (nSPS) is 26.4. The van der Waals surface area contributed by atoms with Crippen molar-refractivity contribution >= 4 is 0 Å². The Morgan fingerprint density at radius 1 is 1.29 bits per heavy atom. The first kappa shape index (κ1) is 12.1. The summed E-state index contributed by atoms with van der Waals surface area (Å²) < 4.78 is 0. The van der Waals surface area contributed by atoms with Crippen LogP contribution in [0.3, 0.4) is 0 Å². The van der Waals surface area contributed by atoms with E-state index in [1.54, 1.807) is 6.07 Å². The zero-order chi connectivity index (χ0) is 12.3. The minimum atomic E-state index is -0.0849. The lowest BCUT2D eigenvalue weighted by atomic mass is 9.75. The van der Waals surface area contributed by atoms with Gasteiger partial charge in [-0.05, 0) is 36.3 Å². The summed E-state index contributed by atoms with van der Waals surface area (Å²) in [6, 6.07) is 7.31. The third-order valence-corrected chi connectivity index (χ3v) is 3.99. The quantitative estimate of drug-likeness (QED) is 0.807. The Morgan fingerprint density at radius 3 is 2.71 bits per heavy atom. The molecule has 1 aliphatic rings. The van der Waals surface area contributed by atoms with Gasteiger partial charge in [-0.2, -0.15) is 4.91 Å². The first-order valence-corrected chi connectivity index (χ1v) is 6.34. The summed E-state index contributed by atoms with van der Waals surface area (Å²) in [7, 11) is 0. The van der Waals surface area contributed by atoms with Crippen LogP contribution in [0, 0.1) is 10.8 Å². The van der Waals surface area contributed by atoms with Gasteiger partial charge in [0.2, 0.25) is 0 Å². The molecule has 17 heavy (non-hydrogen) atoms. The SMILES string of the molecule is C[C@H](c1ccccc1O)[C@@H]1CCCC[C@@H]1N=O. The molecule has 1 N–H and O–H groups in total. The van der Waals surface area contributed by atoms with Crippen LogP contribution in [-0.2, 0) is 0 Å². The number of hydrogen-bond acceptors (Lipinski definition) is 3. The second-order valence-corrected chi connectivity index (χ2v) is 4.97. The lowest BCUT2D eigenvalue weighted by Gasteiger charge is -2.31. The van der Waals surface area contributed by atoms with Crippen molar-refractivity contribution in [2.24, 2.45) is 11.1 Å². The van der Waals surface area contributed by atoms with Crippen molar-refractivity contribution in [2.75, 3.05) is 0 Å². The van der Waals surface area contributed by atoms with Crippen LogP contribution in [0.2, 0.25) is 0 Å². The van der Waals surface area contributed by atoms with Crippen LogP contribution in [0.4, 0.5) is 0 Å². The van der Waals surface area contributed by atoms with E-state index in [4.69, 9.17) is 0 Å². The molecular formula is C14H19NO2. The molecule has 1 aromatic carbocycles. The number of aromatic hydroxyl groups is 1. The monoisotopic (exact) mass is 233 g/mol. The highest BCUT2D eigenvalue weighted by molar-refractivity contribution is 5.35. The molecular weight excluding hydrogens is 214 g/mol. The molecule has 3 heteroatoms. The van der Waals surface area contributed by atoms with Gasteiger partial charge in [-0.15, -0.1) is 0 Å². The average molecular weight is 233 g/mol. The number of rotatable bonds is 3. The minimum Gasteiger partial charge on any atom is -0.508 e. The van der Waals surface area contributed by atoms with Crippen LogP contribution in [0.25, 0.3) is 0 Å². The van der Waals surface area contributed by atoms with Gasteiger partial charge in [0, 0.05) is 0 Å². The number of benzene rings is 1. The van der Waals surface area contributed by atoms with Gasteiger partial charge in [0.25, 0.3) is 0 Å². The van der Waals surface area contributed by atoms with Crippen molar-refractivity contribution < 1.29 is 5.11 Å². The number of nitroso groups, excluding NO2 is 1. The molecule has 0 unspecified atom stereocenters. The van der Waals surface area contributed by atoms with Gasteiger partial charge < -0.3 is 5.11 Å². The molecule has 2 rings (SSSR count). The molecule has 0 saturated heterocycles. The summed E-state index contributed by atoms with van der Waals surface area (Å²) in [6.45, 7) is 2.09. The molecule has 92 valence electrons. The zero-order valence-corrected chi connectivity index (χ0v) is 10.2. The maximum atomic E-state index is 10.9. The van der Waals surface area contributed by atoms with E-state index < -0.39 is 0 Å². The van der Waals surface area contributed by atoms with Crippen LogP contribution >= 0.6 is 0 Å². The Kier molecular flexibility index (Phi) is 3.77. The largest absolute Gasteiger partial charge is 0.508 e. The highest BCUT2D eigenvalue weighted by Gasteiger charge is 2.32. The molecule has 1 fully saturated rings. The maximum Gasteiger partial charge on any atom is 0.119 e. The van der Waals surface area contributed by atoms with Gasteiger partial charge in [-0.3, -0.25) is 0 Å². The van der Waals surface area contributed by atoms with Crippen molar-refractivity contribution in [3.05, 3.63) is 34.7 Å². The van der Waals surface area contributed by atoms with Gasteiger partial charge in [0.05, 0.1) is 6.04 Å². The van der Waals surface area contributed by atoms with E-state index in [2.05, 4.69) is 12.1 Å². The van der Waals surface area contributed by atoms with Gasteiger partial charge in [-0.1, -0.05) is 43.1 Å². The second-order valence-electron chi connectivity index (χ2n) is 4.97. The van der Waals surface area contributed by atoms with Crippen LogP contribution in [0.15, 0.2) is 29.4 Å². The molecule has 3 nitrogen and oxygen atoms in total. The maximum absolute atomic E-state index is 10.9. The van der Waals surface area contributed by atoms with Gasteiger partial charge in [0.15, 0.2) is 0 Å². The average Bonchev–Trinajstić information content (AvgIpc) is 2.38. The van der Waals surface area contributed by atoms with E-state index in [-0.39, 0.29) is 17.9 Å². The molecule has 1 aliphatic carbocycles. The van der Waals surface area contributed by atoms with Gasteiger partial charge in [0.1, 0.15) is 5.75 Å². The molecule has 1 aromatic rings. The molecule has 0 aromatic heterocycles. The van der Waals surface area contributed by atoms with E-state index in [0.29, 0.717) is 5.75 Å². The summed E-state index contributed by atoms with van der Waals surface area (Å²) in [5.74, 6) is 0.795. The van der Waals surface area contributed by atoms with Crippen LogP contribution in [0.1, 0.15) is 44.1 Å². The first-order valence-electron chi connectivity index (χ1n) is 6.34. The lowest BCUT2D eigenvalue weighted by Crippen LogP contribution is -2.27. The number of phenolic OH excluding ortho intramolecular Hbond substituents is 1. The van der Waals surface area contributed by atoms with E-state index in [9.17, 15) is 10.0 Å². The fourth-order valence-electron chi connectivity index (χ4n) is 2.96. The first-order chi connectivity index (χ1) is 8.24. The molecule has 0 bridgehead atoms. The number of para-hydroxylation sites is 1. The molecule has 0 amide bonds. The van der Waals surface area contributed by atoms with Crippen molar-refractivity contribution in [1.29, 1.82) is 0 Å². The van der Waals surface area contributed by atoms with Crippen molar-refractivity contribution in [1.82, 2.24) is 0 Å². The third kappa shape index (κ3) is 2.48. The minimum absolute atomic E-state index is 0.0849. The van der Waals surface area contributed by atoms with E-state index in [0.717, 1.165) is 31.2 Å². The molecule has 0 radical (unpaired) electrons. The zero-order valence-electron chi connectivity index (χ0n) is 10.2. The van der Waals surface area contributed by atoms with E-state index in [1.807, 2.05) is 18.2 Å².